The standard InChI is InChI=1S/C57H34N4OS/c1-3-15-35(16-4-1)37-19-13-20-39(33-37)56-58-55(36-17-5-2-6-18-36)59-57(60-56)44-24-14-27-50-52(44)45-34-38(29-32-49(45)62-50)40-30-31-48(54-53(40)43-23-9-12-28-51(43)63-54)61-46-25-10-7-21-41(46)42-22-8-11-26-47(42)61/h1-34H. The highest BCUT2D eigenvalue weighted by molar-refractivity contribution is 7.26. The minimum atomic E-state index is 0.587. The van der Waals surface area contributed by atoms with Gasteiger partial charge in [-0.2, -0.15) is 0 Å². The van der Waals surface area contributed by atoms with Crippen LogP contribution in [-0.2, 0) is 0 Å². The molecule has 294 valence electrons. The average molecular weight is 823 g/mol. The predicted molar refractivity (Wildman–Crippen MR) is 262 cm³/mol. The average Bonchev–Trinajstić information content (AvgIpc) is 4.04. The zero-order chi connectivity index (χ0) is 41.4. The van der Waals surface area contributed by atoms with E-state index in [1.807, 2.05) is 59.9 Å². The molecule has 13 rings (SSSR count). The number of furan rings is 1. The summed E-state index contributed by atoms with van der Waals surface area (Å²) in [5.74, 6) is 1.81. The van der Waals surface area contributed by atoms with Crippen LogP contribution in [0.2, 0.25) is 0 Å². The first-order chi connectivity index (χ1) is 31.2. The molecule has 4 heterocycles. The molecule has 0 amide bonds. The summed E-state index contributed by atoms with van der Waals surface area (Å²) in [5.41, 5.74) is 12.4. The van der Waals surface area contributed by atoms with Crippen LogP contribution in [0.4, 0.5) is 0 Å². The van der Waals surface area contributed by atoms with E-state index in [0.29, 0.717) is 17.5 Å². The van der Waals surface area contributed by atoms with Crippen molar-refractivity contribution in [2.75, 3.05) is 0 Å². The van der Waals surface area contributed by atoms with Crippen LogP contribution in [0.3, 0.4) is 0 Å². The number of thiophene rings is 1. The van der Waals surface area contributed by atoms with E-state index in [9.17, 15) is 0 Å². The van der Waals surface area contributed by atoms with Gasteiger partial charge in [0.05, 0.1) is 21.4 Å². The highest BCUT2D eigenvalue weighted by atomic mass is 32.1. The van der Waals surface area contributed by atoms with Crippen LogP contribution in [0.5, 0.6) is 0 Å². The van der Waals surface area contributed by atoms with Gasteiger partial charge >= 0.3 is 0 Å². The van der Waals surface area contributed by atoms with Gasteiger partial charge in [0.25, 0.3) is 0 Å². The van der Waals surface area contributed by atoms with E-state index in [4.69, 9.17) is 19.4 Å². The molecule has 0 bridgehead atoms. The van der Waals surface area contributed by atoms with Gasteiger partial charge in [-0.15, -0.1) is 11.3 Å². The first-order valence-electron chi connectivity index (χ1n) is 21.1. The van der Waals surface area contributed by atoms with E-state index < -0.39 is 0 Å². The van der Waals surface area contributed by atoms with E-state index in [-0.39, 0.29) is 0 Å². The lowest BCUT2D eigenvalue weighted by Gasteiger charge is -2.13. The Balaban J connectivity index is 1.02. The molecule has 0 radical (unpaired) electrons. The first kappa shape index (κ1) is 35.6. The van der Waals surface area contributed by atoms with Gasteiger partial charge in [0.1, 0.15) is 11.2 Å². The highest BCUT2D eigenvalue weighted by Crippen LogP contribution is 2.46. The van der Waals surface area contributed by atoms with Gasteiger partial charge in [-0.05, 0) is 70.8 Å². The Morgan fingerprint density at radius 1 is 0.365 bits per heavy atom. The van der Waals surface area contributed by atoms with Crippen molar-refractivity contribution in [2.45, 2.75) is 0 Å². The maximum absolute atomic E-state index is 6.62. The lowest BCUT2D eigenvalue weighted by Crippen LogP contribution is -2.00. The van der Waals surface area contributed by atoms with E-state index in [2.05, 4.69) is 162 Å². The van der Waals surface area contributed by atoms with E-state index in [1.54, 1.807) is 0 Å². The molecule has 4 aromatic heterocycles. The van der Waals surface area contributed by atoms with E-state index >= 15 is 0 Å². The van der Waals surface area contributed by atoms with Crippen LogP contribution in [0, 0.1) is 0 Å². The van der Waals surface area contributed by atoms with Gasteiger partial charge in [0.15, 0.2) is 17.5 Å². The fraction of sp³-hybridized carbons (Fsp3) is 0. The van der Waals surface area contributed by atoms with Gasteiger partial charge in [-0.1, -0.05) is 158 Å². The van der Waals surface area contributed by atoms with E-state index in [1.165, 1.54) is 53.2 Å². The zero-order valence-electron chi connectivity index (χ0n) is 33.7. The van der Waals surface area contributed by atoms with Crippen LogP contribution in [0.25, 0.3) is 126 Å². The largest absolute Gasteiger partial charge is 0.456 e. The summed E-state index contributed by atoms with van der Waals surface area (Å²) >= 11 is 1.86. The molecule has 9 aromatic carbocycles. The normalized spacial score (nSPS) is 11.8. The SMILES string of the molecule is c1ccc(-c2cccc(-c3nc(-c4ccccc4)nc(-c4cccc5oc6ccc(-c7ccc(-n8c9ccccc9c9ccccc98)c8sc9ccccc9c78)cc6c45)n3)c2)cc1. The predicted octanol–water partition coefficient (Wildman–Crippen LogP) is 15.6. The fourth-order valence-corrected chi connectivity index (χ4v) is 10.6. The third kappa shape index (κ3) is 5.73. The van der Waals surface area contributed by atoms with Crippen molar-refractivity contribution in [1.29, 1.82) is 0 Å². The van der Waals surface area contributed by atoms with Gasteiger partial charge in [0.2, 0.25) is 0 Å². The van der Waals surface area contributed by atoms with Crippen LogP contribution >= 0.6 is 11.3 Å². The topological polar surface area (TPSA) is 56.7 Å². The van der Waals surface area contributed by atoms with Gasteiger partial charge in [-0.3, -0.25) is 0 Å². The quantitative estimate of drug-likeness (QED) is 0.168. The Kier molecular flexibility index (Phi) is 8.01. The van der Waals surface area contributed by atoms with Crippen molar-refractivity contribution in [1.82, 2.24) is 19.5 Å². The molecule has 63 heavy (non-hydrogen) atoms. The molecule has 0 saturated heterocycles. The Morgan fingerprint density at radius 3 is 1.76 bits per heavy atom. The molecule has 0 N–H and O–H groups in total. The van der Waals surface area contributed by atoms with Crippen molar-refractivity contribution < 1.29 is 4.42 Å². The number of para-hydroxylation sites is 2. The number of benzene rings is 9. The molecule has 5 nitrogen and oxygen atoms in total. The minimum absolute atomic E-state index is 0.587. The number of rotatable bonds is 6. The molecule has 0 aliphatic rings. The molecule has 0 saturated carbocycles. The monoisotopic (exact) mass is 822 g/mol. The molecule has 0 fully saturated rings. The highest BCUT2D eigenvalue weighted by Gasteiger charge is 2.22. The number of aromatic nitrogens is 4. The van der Waals surface area contributed by atoms with Crippen molar-refractivity contribution in [3.05, 3.63) is 206 Å². The van der Waals surface area contributed by atoms with Gasteiger partial charge < -0.3 is 8.98 Å². The molecule has 6 heteroatoms. The molecular weight excluding hydrogens is 789 g/mol. The fourth-order valence-electron chi connectivity index (χ4n) is 9.40. The second kappa shape index (κ2) is 14.2. The van der Waals surface area contributed by atoms with Crippen molar-refractivity contribution in [3.8, 4) is 62.1 Å². The molecular formula is C57H34N4OS. The van der Waals surface area contributed by atoms with Crippen molar-refractivity contribution in [2.24, 2.45) is 0 Å². The smallest absolute Gasteiger partial charge is 0.164 e. The number of nitrogens with zero attached hydrogens (tertiary/aromatic N) is 4. The van der Waals surface area contributed by atoms with E-state index in [0.717, 1.165) is 55.3 Å². The summed E-state index contributed by atoms with van der Waals surface area (Å²) in [7, 11) is 0. The first-order valence-corrected chi connectivity index (χ1v) is 21.9. The summed E-state index contributed by atoms with van der Waals surface area (Å²) in [4.78, 5) is 15.5. The van der Waals surface area contributed by atoms with Gasteiger partial charge in [-0.25, -0.2) is 15.0 Å². The lowest BCUT2D eigenvalue weighted by molar-refractivity contribution is 0.669. The Hall–Kier alpha value is -8.19. The molecule has 0 aliphatic heterocycles. The van der Waals surface area contributed by atoms with Crippen molar-refractivity contribution in [3.63, 3.8) is 0 Å². The summed E-state index contributed by atoms with van der Waals surface area (Å²) < 4.78 is 11.6. The third-order valence-electron chi connectivity index (χ3n) is 12.3. The zero-order valence-corrected chi connectivity index (χ0v) is 34.6. The molecule has 0 aliphatic carbocycles. The number of fused-ring (bicyclic) bond motifs is 9. The third-order valence-corrected chi connectivity index (χ3v) is 13.5. The van der Waals surface area contributed by atoms with Crippen LogP contribution < -0.4 is 0 Å². The maximum Gasteiger partial charge on any atom is 0.164 e. The maximum atomic E-state index is 6.62. The summed E-state index contributed by atoms with van der Waals surface area (Å²) in [5, 5.41) is 6.97. The summed E-state index contributed by atoms with van der Waals surface area (Å²) in [6.45, 7) is 0. The minimum Gasteiger partial charge on any atom is -0.456 e. The lowest BCUT2D eigenvalue weighted by atomic mass is 9.96. The van der Waals surface area contributed by atoms with Crippen LogP contribution in [0.15, 0.2) is 211 Å². The van der Waals surface area contributed by atoms with Gasteiger partial charge in [0, 0.05) is 53.7 Å². The van der Waals surface area contributed by atoms with Crippen LogP contribution in [0.1, 0.15) is 0 Å². The Morgan fingerprint density at radius 2 is 0.984 bits per heavy atom. The van der Waals surface area contributed by atoms with Crippen LogP contribution in [-0.4, -0.2) is 19.5 Å². The number of hydrogen-bond acceptors (Lipinski definition) is 5. The van der Waals surface area contributed by atoms with Crippen molar-refractivity contribution >= 4 is 75.3 Å². The Labute approximate surface area is 365 Å². The molecule has 0 atom stereocenters. The summed E-state index contributed by atoms with van der Waals surface area (Å²) in [6.07, 6.45) is 0. The number of hydrogen-bond donors (Lipinski definition) is 0. The molecule has 13 aromatic rings. The summed E-state index contributed by atoms with van der Waals surface area (Å²) in [6, 6.07) is 72.6. The molecule has 0 spiro atoms. The second-order valence-corrected chi connectivity index (χ2v) is 17.0. The molecule has 0 unspecified atom stereocenters. The Bertz CT molecular complexity index is 3870. The second-order valence-electron chi connectivity index (χ2n) is 15.9.